The third-order valence-electron chi connectivity index (χ3n) is 4.56. The SMILES string of the molecule is COC(=O)c1cnc(N2CCCCCC2c2ccccc2Cl)cc1F. The molecular weight excluding hydrogens is 343 g/mol. The lowest BCUT2D eigenvalue weighted by molar-refractivity contribution is 0.0595. The van der Waals surface area contributed by atoms with Gasteiger partial charge in [0.1, 0.15) is 17.2 Å². The lowest BCUT2D eigenvalue weighted by Crippen LogP contribution is -2.29. The number of halogens is 2. The molecule has 0 saturated carbocycles. The molecule has 0 N–H and O–H groups in total. The molecule has 6 heteroatoms. The highest BCUT2D eigenvalue weighted by Crippen LogP contribution is 2.36. The van der Waals surface area contributed by atoms with E-state index in [9.17, 15) is 9.18 Å². The highest BCUT2D eigenvalue weighted by atomic mass is 35.5. The second kappa shape index (κ2) is 7.83. The molecule has 1 atom stereocenters. The number of rotatable bonds is 3. The molecule has 0 radical (unpaired) electrons. The lowest BCUT2D eigenvalue weighted by atomic mass is 10.0. The van der Waals surface area contributed by atoms with Crippen LogP contribution in [0.3, 0.4) is 0 Å². The number of hydrogen-bond acceptors (Lipinski definition) is 4. The van der Waals surface area contributed by atoms with E-state index in [1.807, 2.05) is 24.3 Å². The maximum Gasteiger partial charge on any atom is 0.342 e. The number of nitrogens with zero attached hydrogens (tertiary/aromatic N) is 2. The van der Waals surface area contributed by atoms with Gasteiger partial charge in [-0.1, -0.05) is 42.6 Å². The van der Waals surface area contributed by atoms with Crippen molar-refractivity contribution in [3.8, 4) is 0 Å². The minimum absolute atomic E-state index is 0.0343. The number of methoxy groups -OCH3 is 1. The van der Waals surface area contributed by atoms with E-state index in [4.69, 9.17) is 11.6 Å². The van der Waals surface area contributed by atoms with E-state index >= 15 is 0 Å². The number of carbonyl (C=O) groups excluding carboxylic acids is 1. The molecule has 1 aromatic heterocycles. The standard InChI is InChI=1S/C19H20ClFN2O2/c1-25-19(24)14-12-22-18(11-16(14)21)23-10-6-2-3-9-17(23)13-7-4-5-8-15(13)20/h4-5,7-8,11-12,17H,2-3,6,9-10H2,1H3. The molecule has 3 rings (SSSR count). The molecule has 2 aromatic rings. The van der Waals surface area contributed by atoms with Crippen LogP contribution in [0.5, 0.6) is 0 Å². The van der Waals surface area contributed by atoms with E-state index in [0.29, 0.717) is 10.8 Å². The van der Waals surface area contributed by atoms with E-state index in [1.54, 1.807) is 0 Å². The van der Waals surface area contributed by atoms with E-state index < -0.39 is 11.8 Å². The molecule has 1 saturated heterocycles. The van der Waals surface area contributed by atoms with Crippen molar-refractivity contribution in [3.05, 3.63) is 58.5 Å². The van der Waals surface area contributed by atoms with Gasteiger partial charge in [-0.25, -0.2) is 14.2 Å². The minimum atomic E-state index is -0.727. The Labute approximate surface area is 151 Å². The first kappa shape index (κ1) is 17.7. The predicted molar refractivity (Wildman–Crippen MR) is 95.5 cm³/mol. The minimum Gasteiger partial charge on any atom is -0.465 e. The van der Waals surface area contributed by atoms with Crippen molar-refractivity contribution in [2.45, 2.75) is 31.7 Å². The van der Waals surface area contributed by atoms with Gasteiger partial charge >= 0.3 is 5.97 Å². The van der Waals surface area contributed by atoms with E-state index in [2.05, 4.69) is 14.6 Å². The fraction of sp³-hybridized carbons (Fsp3) is 0.368. The monoisotopic (exact) mass is 362 g/mol. The van der Waals surface area contributed by atoms with Crippen LogP contribution in [-0.2, 0) is 4.74 Å². The molecule has 132 valence electrons. The summed E-state index contributed by atoms with van der Waals surface area (Å²) < 4.78 is 18.9. The Morgan fingerprint density at radius 3 is 2.84 bits per heavy atom. The van der Waals surface area contributed by atoms with E-state index in [1.165, 1.54) is 19.4 Å². The average molecular weight is 363 g/mol. The number of anilines is 1. The second-order valence-electron chi connectivity index (χ2n) is 6.09. The maximum absolute atomic E-state index is 14.4. The van der Waals surface area contributed by atoms with Crippen molar-refractivity contribution < 1.29 is 13.9 Å². The number of aromatic nitrogens is 1. The normalized spacial score (nSPS) is 17.9. The first-order chi connectivity index (χ1) is 12.1. The van der Waals surface area contributed by atoms with Crippen LogP contribution < -0.4 is 4.90 Å². The molecular formula is C19H20ClFN2O2. The van der Waals surface area contributed by atoms with Gasteiger partial charge in [-0.2, -0.15) is 0 Å². The zero-order chi connectivity index (χ0) is 17.8. The van der Waals surface area contributed by atoms with Gasteiger partial charge in [0.25, 0.3) is 0 Å². The Bertz CT molecular complexity index is 769. The van der Waals surface area contributed by atoms with Gasteiger partial charge in [0.15, 0.2) is 0 Å². The van der Waals surface area contributed by atoms with Gasteiger partial charge in [0, 0.05) is 23.8 Å². The van der Waals surface area contributed by atoms with Crippen LogP contribution in [0, 0.1) is 5.82 Å². The summed E-state index contributed by atoms with van der Waals surface area (Å²) in [6, 6.07) is 9.07. The van der Waals surface area contributed by atoms with Crippen LogP contribution in [0.2, 0.25) is 5.02 Å². The Morgan fingerprint density at radius 2 is 2.12 bits per heavy atom. The first-order valence-corrected chi connectivity index (χ1v) is 8.74. The molecule has 0 aliphatic carbocycles. The molecule has 25 heavy (non-hydrogen) atoms. The number of ether oxygens (including phenoxy) is 1. The zero-order valence-electron chi connectivity index (χ0n) is 14.0. The fourth-order valence-electron chi connectivity index (χ4n) is 3.29. The second-order valence-corrected chi connectivity index (χ2v) is 6.50. The van der Waals surface area contributed by atoms with Gasteiger partial charge in [0.05, 0.1) is 13.2 Å². The summed E-state index contributed by atoms with van der Waals surface area (Å²) in [6.07, 6.45) is 5.36. The Morgan fingerprint density at radius 1 is 1.32 bits per heavy atom. The van der Waals surface area contributed by atoms with Crippen LogP contribution in [-0.4, -0.2) is 24.6 Å². The average Bonchev–Trinajstić information content (AvgIpc) is 2.87. The molecule has 4 nitrogen and oxygen atoms in total. The topological polar surface area (TPSA) is 42.4 Å². The van der Waals surface area contributed by atoms with E-state index in [-0.39, 0.29) is 11.6 Å². The number of benzene rings is 1. The molecule has 0 amide bonds. The highest BCUT2D eigenvalue weighted by Gasteiger charge is 2.26. The van der Waals surface area contributed by atoms with Crippen molar-refractivity contribution in [1.29, 1.82) is 0 Å². The highest BCUT2D eigenvalue weighted by molar-refractivity contribution is 6.31. The van der Waals surface area contributed by atoms with Crippen LogP contribution in [0.4, 0.5) is 10.2 Å². The number of carbonyl (C=O) groups is 1. The quantitative estimate of drug-likeness (QED) is 0.737. The third-order valence-corrected chi connectivity index (χ3v) is 4.90. The molecule has 1 fully saturated rings. The number of pyridine rings is 1. The van der Waals surface area contributed by atoms with Crippen LogP contribution in [0.15, 0.2) is 36.5 Å². The van der Waals surface area contributed by atoms with Gasteiger partial charge < -0.3 is 9.64 Å². The molecule has 1 aromatic carbocycles. The predicted octanol–water partition coefficient (Wildman–Crippen LogP) is 4.78. The summed E-state index contributed by atoms with van der Waals surface area (Å²) in [5.41, 5.74) is 0.862. The largest absolute Gasteiger partial charge is 0.465 e. The van der Waals surface area contributed by atoms with Crippen molar-refractivity contribution in [2.75, 3.05) is 18.6 Å². The summed E-state index contributed by atoms with van der Waals surface area (Å²) in [5, 5.41) is 0.700. The van der Waals surface area contributed by atoms with Crippen molar-refractivity contribution in [1.82, 2.24) is 4.98 Å². The zero-order valence-corrected chi connectivity index (χ0v) is 14.8. The summed E-state index contributed by atoms with van der Waals surface area (Å²) >= 11 is 6.40. The van der Waals surface area contributed by atoms with Crippen molar-refractivity contribution >= 4 is 23.4 Å². The van der Waals surface area contributed by atoms with Gasteiger partial charge in [-0.3, -0.25) is 0 Å². The Hall–Kier alpha value is -2.14. The summed E-state index contributed by atoms with van der Waals surface area (Å²) in [4.78, 5) is 18.0. The molecule has 0 bridgehead atoms. The van der Waals surface area contributed by atoms with Gasteiger partial charge in [0.2, 0.25) is 0 Å². The fourth-order valence-corrected chi connectivity index (χ4v) is 3.55. The van der Waals surface area contributed by atoms with Crippen LogP contribution in [0.1, 0.15) is 47.6 Å². The molecule has 1 unspecified atom stereocenters. The van der Waals surface area contributed by atoms with Crippen LogP contribution in [0.25, 0.3) is 0 Å². The Kier molecular flexibility index (Phi) is 5.53. The summed E-state index contributed by atoms with van der Waals surface area (Å²) in [5.74, 6) is -0.842. The smallest absolute Gasteiger partial charge is 0.342 e. The van der Waals surface area contributed by atoms with Gasteiger partial charge in [-0.05, 0) is 24.5 Å². The molecule has 2 heterocycles. The first-order valence-electron chi connectivity index (χ1n) is 8.36. The van der Waals surface area contributed by atoms with E-state index in [0.717, 1.165) is 37.8 Å². The summed E-state index contributed by atoms with van der Waals surface area (Å²) in [7, 11) is 1.22. The third kappa shape index (κ3) is 3.76. The summed E-state index contributed by atoms with van der Waals surface area (Å²) in [6.45, 7) is 0.764. The molecule has 1 aliphatic rings. The number of esters is 1. The molecule has 0 spiro atoms. The van der Waals surface area contributed by atoms with Crippen molar-refractivity contribution in [2.24, 2.45) is 0 Å². The van der Waals surface area contributed by atoms with Gasteiger partial charge in [-0.15, -0.1) is 0 Å². The maximum atomic E-state index is 14.4. The van der Waals surface area contributed by atoms with Crippen molar-refractivity contribution in [3.63, 3.8) is 0 Å². The Balaban J connectivity index is 1.98. The molecule has 1 aliphatic heterocycles. The number of hydrogen-bond donors (Lipinski definition) is 0. The lowest BCUT2D eigenvalue weighted by Gasteiger charge is -2.32. The van der Waals surface area contributed by atoms with Crippen LogP contribution >= 0.6 is 11.6 Å².